The molecular weight excluding hydrogens is 1750 g/mol. The van der Waals surface area contributed by atoms with Gasteiger partial charge in [0.15, 0.2) is 0 Å². The second kappa shape index (κ2) is 49.1. The van der Waals surface area contributed by atoms with E-state index >= 15 is 38.4 Å². The lowest BCUT2D eigenvalue weighted by atomic mass is 10.00. The number of aromatic nitrogens is 4. The topological polar surface area (TPSA) is 663 Å². The standard InChI is InChI=1S/C88H120N22O22S/c1-7-9-20-67-81(125)98-58(29-30-89)77(121)105-66(76(120)95-41-72(91)115)44-133-45-73(116)97-62(32-48-23-25-52(112)26-24-48)84(128)106(4)47(3)75(119)102-64(37-74(117)118)87(131)109-31-15-22-68(109)82(126)101-61(35-51-40-92-46-96-51)79(123)99-59(27-28-71(90)114)86(130)110-42-53(113)36-70(110)83(127)100-60(33-49-38-93-56-18-13-11-16-54(49)56)78(122)104-65(43-111)80(124)103-63(34-50-39-94-57-19-14-12-17-55(50)57)85(129)108(6)69(21-10-8-2)88(132)107(67)5/h11-14,16-19,23-26,38-40,46-47,53,58-70,93-94,111-113H,7-10,15,20-22,27-37,41-45,89H2,1-6H3,(H2,90,114)(H2,91,115)(H,92,96)(H,95,120)(H,97,116)(H,98,125)(H,99,123)(H,100,127)(H,101,126)(H,102,119)(H,103,124)(H,104,122)(H,105,121)(H,117,118). The van der Waals surface area contributed by atoms with Crippen molar-refractivity contribution in [1.82, 2.24) is 97.6 Å². The number of hydrogen-bond donors (Lipinski definition) is 20. The fourth-order valence-electron chi connectivity index (χ4n) is 16.3. The minimum Gasteiger partial charge on any atom is -0.508 e. The summed E-state index contributed by atoms with van der Waals surface area (Å²) in [6.07, 6.45) is 1.60. The average Bonchev–Trinajstić information content (AvgIpc) is 1.66. The molecule has 6 heterocycles. The van der Waals surface area contributed by atoms with Crippen LogP contribution < -0.4 is 70.4 Å². The van der Waals surface area contributed by atoms with Gasteiger partial charge in [-0.3, -0.25) is 86.3 Å². The van der Waals surface area contributed by atoms with Crippen LogP contribution >= 0.6 is 11.8 Å². The van der Waals surface area contributed by atoms with Crippen molar-refractivity contribution in [3.63, 3.8) is 0 Å². The van der Waals surface area contributed by atoms with Crippen LogP contribution in [0, 0.1) is 0 Å². The number of likely N-dealkylation sites (N-methyl/N-ethyl adjacent to an activating group) is 3. The summed E-state index contributed by atoms with van der Waals surface area (Å²) in [6.45, 7) is 2.00. The van der Waals surface area contributed by atoms with Crippen molar-refractivity contribution in [1.29, 1.82) is 0 Å². The zero-order valence-corrected chi connectivity index (χ0v) is 75.6. The van der Waals surface area contributed by atoms with Crippen LogP contribution in [0.5, 0.6) is 5.75 Å². The number of unbranched alkanes of at least 4 members (excludes halogenated alkanes) is 2. The highest BCUT2D eigenvalue weighted by molar-refractivity contribution is 8.00. The van der Waals surface area contributed by atoms with Crippen LogP contribution in [0.1, 0.15) is 127 Å². The van der Waals surface area contributed by atoms with Gasteiger partial charge in [0.1, 0.15) is 90.3 Å². The molecule has 17 amide bonds. The predicted molar refractivity (Wildman–Crippen MR) is 482 cm³/mol. The number of aliphatic carboxylic acids is 1. The molecule has 3 aromatic carbocycles. The maximum absolute atomic E-state index is 15.7. The summed E-state index contributed by atoms with van der Waals surface area (Å²) >= 11 is 0.749. The van der Waals surface area contributed by atoms with Gasteiger partial charge in [-0.1, -0.05) is 88.1 Å². The zero-order chi connectivity index (χ0) is 97.0. The number of carboxylic acids is 1. The normalized spacial score (nSPS) is 24.9. The van der Waals surface area contributed by atoms with E-state index in [0.717, 1.165) is 36.3 Å². The fourth-order valence-corrected chi connectivity index (χ4v) is 17.1. The number of carbonyl (C=O) groups excluding carboxylic acids is 17. The minimum absolute atomic E-state index is 0.0141. The molecule has 15 atom stereocenters. The molecule has 9 rings (SSSR count). The number of para-hydroxylation sites is 2. The number of phenolic OH excluding ortho intramolecular Hbond substituents is 1. The Morgan fingerprint density at radius 2 is 1.08 bits per heavy atom. The number of thioether (sulfide) groups is 1. The molecule has 0 spiro atoms. The van der Waals surface area contributed by atoms with Crippen LogP contribution in [0.15, 0.2) is 97.7 Å². The Labute approximate surface area is 769 Å². The lowest BCUT2D eigenvalue weighted by Gasteiger charge is -2.36. The van der Waals surface area contributed by atoms with Crippen LogP contribution in [-0.2, 0) is 112 Å². The summed E-state index contributed by atoms with van der Waals surface area (Å²) < 4.78 is 0. The molecule has 3 fully saturated rings. The van der Waals surface area contributed by atoms with E-state index in [1.807, 2.05) is 13.8 Å². The Bertz CT molecular complexity index is 5170. The third-order valence-corrected chi connectivity index (χ3v) is 24.8. The number of amides is 17. The van der Waals surface area contributed by atoms with E-state index in [0.29, 0.717) is 64.2 Å². The van der Waals surface area contributed by atoms with Crippen LogP contribution in [0.4, 0.5) is 0 Å². The van der Waals surface area contributed by atoms with Crippen LogP contribution in [0.2, 0.25) is 0 Å². The van der Waals surface area contributed by atoms with Gasteiger partial charge in [0.05, 0.1) is 37.8 Å². The summed E-state index contributed by atoms with van der Waals surface area (Å²) in [7, 11) is 3.84. The van der Waals surface area contributed by atoms with Gasteiger partial charge in [-0.15, -0.1) is 11.8 Å². The number of carbonyl (C=O) groups is 18. The number of aromatic amines is 3. The number of aromatic hydroxyl groups is 1. The number of primary amides is 2. The van der Waals surface area contributed by atoms with E-state index in [4.69, 9.17) is 17.2 Å². The van der Waals surface area contributed by atoms with E-state index in [2.05, 4.69) is 73.1 Å². The maximum atomic E-state index is 15.7. The van der Waals surface area contributed by atoms with Crippen molar-refractivity contribution in [2.75, 3.05) is 65.4 Å². The van der Waals surface area contributed by atoms with Gasteiger partial charge < -0.3 is 130 Å². The van der Waals surface area contributed by atoms with Gasteiger partial charge in [-0.2, -0.15) is 0 Å². The Hall–Kier alpha value is -13.6. The largest absolute Gasteiger partial charge is 0.508 e. The van der Waals surface area contributed by atoms with Crippen molar-refractivity contribution >= 4 is 140 Å². The molecule has 0 saturated carbocycles. The number of aliphatic hydroxyl groups excluding tert-OH is 2. The molecule has 23 N–H and O–H groups in total. The number of nitrogens with two attached hydrogens (primary N) is 3. The summed E-state index contributed by atoms with van der Waals surface area (Å²) in [5, 5.41) is 70.0. The quantitative estimate of drug-likeness (QED) is 0.0260. The molecule has 44 nitrogen and oxygen atoms in total. The van der Waals surface area contributed by atoms with E-state index in [1.165, 1.54) is 64.9 Å². The average molecular weight is 1870 g/mol. The predicted octanol–water partition coefficient (Wildman–Crippen LogP) is -4.02. The smallest absolute Gasteiger partial charge is 0.305 e. The van der Waals surface area contributed by atoms with Crippen molar-refractivity contribution < 1.29 is 107 Å². The van der Waals surface area contributed by atoms with Crippen LogP contribution in [-0.4, -0.2) is 327 Å². The van der Waals surface area contributed by atoms with Crippen molar-refractivity contribution in [2.45, 2.75) is 221 Å². The molecule has 720 valence electrons. The highest BCUT2D eigenvalue weighted by Gasteiger charge is 2.47. The molecule has 3 aliphatic heterocycles. The van der Waals surface area contributed by atoms with E-state index in [-0.39, 0.29) is 75.9 Å². The third-order valence-electron chi connectivity index (χ3n) is 23.7. The minimum atomic E-state index is -1.94. The highest BCUT2D eigenvalue weighted by atomic mass is 32.2. The molecule has 0 radical (unpaired) electrons. The van der Waals surface area contributed by atoms with Gasteiger partial charge in [-0.05, 0) is 92.9 Å². The van der Waals surface area contributed by atoms with Gasteiger partial charge in [0.2, 0.25) is 100 Å². The molecule has 3 saturated heterocycles. The number of carboxylic acid groups (broad SMARTS) is 1. The molecule has 0 bridgehead atoms. The molecule has 45 heteroatoms. The monoisotopic (exact) mass is 1870 g/mol. The first kappa shape index (κ1) is 103. The third kappa shape index (κ3) is 28.2. The van der Waals surface area contributed by atoms with Gasteiger partial charge >= 0.3 is 5.97 Å². The summed E-state index contributed by atoms with van der Waals surface area (Å²) in [5.41, 5.74) is 19.9. The number of fused-ring (bicyclic) bond motifs is 4. The molecule has 133 heavy (non-hydrogen) atoms. The lowest BCUT2D eigenvalue weighted by Crippen LogP contribution is -2.62. The van der Waals surface area contributed by atoms with E-state index < -0.39 is 260 Å². The van der Waals surface area contributed by atoms with Crippen molar-refractivity contribution in [2.24, 2.45) is 17.2 Å². The molecule has 15 unspecified atom stereocenters. The number of aliphatic hydroxyl groups is 2. The van der Waals surface area contributed by atoms with Crippen LogP contribution in [0.25, 0.3) is 21.8 Å². The molecule has 3 aromatic heterocycles. The number of phenols is 1. The number of nitrogens with one attached hydrogen (secondary N) is 13. The SMILES string of the molecule is CCCCC1C(=O)N(C)C(CCCC)C(=O)NC(CCN)C(=O)NC(C(=O)NCC(N)=O)CSCC(=O)NC(Cc2ccc(O)cc2)C(=O)N(C)C(C)C(=O)NC(CC(=O)O)C(=O)N2CCCC2C(=O)NC(Cc2cnc[nH]2)C(=O)NC(CCC(N)=O)C(=O)N2CC(O)CC2C(=O)NC(Cc2c[nH]c3ccccc23)C(=O)NC(CO)C(=O)NC(Cc2c[nH]c3ccccc23)C(=O)N1C. The number of nitrogens with zero attached hydrogens (tertiary/aromatic N) is 6. The second-order valence-electron chi connectivity index (χ2n) is 33.4. The Balaban J connectivity index is 1.09. The first-order chi connectivity index (χ1) is 63.4. The van der Waals surface area contributed by atoms with Gasteiger partial charge in [0.25, 0.3) is 0 Å². The van der Waals surface area contributed by atoms with E-state index in [9.17, 15) is 68.4 Å². The number of hydrogen-bond acceptors (Lipinski definition) is 24. The second-order valence-corrected chi connectivity index (χ2v) is 34.4. The number of H-pyrrole nitrogens is 3. The Morgan fingerprint density at radius 3 is 1.67 bits per heavy atom. The zero-order valence-electron chi connectivity index (χ0n) is 74.8. The fraction of sp³-hybridized carbons (Fsp3) is 0.511. The number of imidazole rings is 1. The van der Waals surface area contributed by atoms with Crippen molar-refractivity contribution in [3.8, 4) is 5.75 Å². The van der Waals surface area contributed by atoms with E-state index in [1.54, 1.807) is 60.9 Å². The van der Waals surface area contributed by atoms with Crippen molar-refractivity contribution in [3.05, 3.63) is 120 Å². The molecule has 3 aliphatic rings. The summed E-state index contributed by atoms with van der Waals surface area (Å²) in [4.78, 5) is 279. The number of benzene rings is 3. The maximum Gasteiger partial charge on any atom is 0.305 e. The summed E-state index contributed by atoms with van der Waals surface area (Å²) in [5.74, 6) is -19.6. The first-order valence-corrected chi connectivity index (χ1v) is 45.2. The Kier molecular flexibility index (Phi) is 38.1. The number of rotatable bonds is 25. The summed E-state index contributed by atoms with van der Waals surface area (Å²) in [6, 6.07) is -3.43. The van der Waals surface area contributed by atoms with Gasteiger partial charge in [-0.25, -0.2) is 4.98 Å². The lowest BCUT2D eigenvalue weighted by molar-refractivity contribution is -0.149. The van der Waals surface area contributed by atoms with Crippen LogP contribution in [0.3, 0.4) is 0 Å². The molecular formula is C88H120N22O22S. The molecule has 6 aromatic rings. The molecule has 0 aliphatic carbocycles. The Morgan fingerprint density at radius 1 is 0.541 bits per heavy atom. The highest BCUT2D eigenvalue weighted by Crippen LogP contribution is 2.28. The van der Waals surface area contributed by atoms with Gasteiger partial charge in [0, 0.05) is 125 Å². The first-order valence-electron chi connectivity index (χ1n) is 44.1.